The lowest BCUT2D eigenvalue weighted by Crippen LogP contribution is -2.09. The van der Waals surface area contributed by atoms with E-state index in [1.54, 1.807) is 25.1 Å². The van der Waals surface area contributed by atoms with E-state index in [2.05, 4.69) is 5.32 Å². The third-order valence-corrected chi connectivity index (χ3v) is 3.54. The first-order valence-corrected chi connectivity index (χ1v) is 6.72. The summed E-state index contributed by atoms with van der Waals surface area (Å²) in [6, 6.07) is 8.38. The highest BCUT2D eigenvalue weighted by molar-refractivity contribution is 7.10. The molecule has 0 saturated heterocycles. The molecule has 1 aromatic carbocycles. The summed E-state index contributed by atoms with van der Waals surface area (Å²) >= 11 is 1.52. The quantitative estimate of drug-likeness (QED) is 0.530. The predicted molar refractivity (Wildman–Crippen MR) is 79.8 cm³/mol. The molecule has 6 heteroatoms. The Balaban J connectivity index is 2.12. The first-order valence-electron chi connectivity index (χ1n) is 5.84. The van der Waals surface area contributed by atoms with Crippen molar-refractivity contribution < 1.29 is 9.72 Å². The third-order valence-electron chi connectivity index (χ3n) is 2.70. The molecule has 5 nitrogen and oxygen atoms in total. The molecule has 20 heavy (non-hydrogen) atoms. The Morgan fingerprint density at radius 2 is 2.15 bits per heavy atom. The zero-order chi connectivity index (χ0) is 14.5. The Bertz CT molecular complexity index is 663. The molecule has 0 saturated carbocycles. The van der Waals surface area contributed by atoms with Crippen molar-refractivity contribution in [1.82, 2.24) is 0 Å². The molecular weight excluding hydrogens is 276 g/mol. The van der Waals surface area contributed by atoms with Gasteiger partial charge in [0, 0.05) is 17.0 Å². The van der Waals surface area contributed by atoms with Crippen LogP contribution in [0.5, 0.6) is 0 Å². The van der Waals surface area contributed by atoms with E-state index in [9.17, 15) is 14.9 Å². The largest absolute Gasteiger partial charge is 0.322 e. The summed E-state index contributed by atoms with van der Waals surface area (Å²) in [7, 11) is 0. The maximum Gasteiger partial charge on any atom is 0.274 e. The van der Waals surface area contributed by atoms with E-state index in [1.807, 2.05) is 17.5 Å². The first-order chi connectivity index (χ1) is 9.58. The lowest BCUT2D eigenvalue weighted by atomic mass is 10.1. The molecule has 0 bridgehead atoms. The number of anilines is 1. The summed E-state index contributed by atoms with van der Waals surface area (Å²) in [5, 5.41) is 15.4. The lowest BCUT2D eigenvalue weighted by Gasteiger charge is -2.06. The highest BCUT2D eigenvalue weighted by Gasteiger charge is 2.13. The van der Waals surface area contributed by atoms with Gasteiger partial charge in [-0.25, -0.2) is 0 Å². The fourth-order valence-electron chi connectivity index (χ4n) is 1.67. The number of carbonyl (C=O) groups is 1. The van der Waals surface area contributed by atoms with Crippen LogP contribution >= 0.6 is 11.3 Å². The van der Waals surface area contributed by atoms with E-state index in [0.717, 1.165) is 4.88 Å². The SMILES string of the molecule is Cc1c(NC(=O)C=Cc2cccs2)cccc1[N+](=O)[O-]. The van der Waals surface area contributed by atoms with E-state index in [1.165, 1.54) is 23.5 Å². The van der Waals surface area contributed by atoms with Gasteiger partial charge in [0.15, 0.2) is 0 Å². The summed E-state index contributed by atoms with van der Waals surface area (Å²) in [6.07, 6.45) is 3.11. The molecule has 0 unspecified atom stereocenters. The second-order valence-corrected chi connectivity index (χ2v) is 5.02. The molecule has 1 aromatic heterocycles. The zero-order valence-electron chi connectivity index (χ0n) is 10.7. The minimum Gasteiger partial charge on any atom is -0.322 e. The van der Waals surface area contributed by atoms with E-state index in [-0.39, 0.29) is 11.6 Å². The smallest absolute Gasteiger partial charge is 0.274 e. The van der Waals surface area contributed by atoms with Gasteiger partial charge in [-0.3, -0.25) is 14.9 Å². The molecule has 0 radical (unpaired) electrons. The lowest BCUT2D eigenvalue weighted by molar-refractivity contribution is -0.385. The first kappa shape index (κ1) is 14.0. The number of carbonyl (C=O) groups excluding carboxylic acids is 1. The summed E-state index contributed by atoms with van der Waals surface area (Å²) in [5.41, 5.74) is 0.875. The van der Waals surface area contributed by atoms with Gasteiger partial charge in [-0.1, -0.05) is 12.1 Å². The number of nitro benzene ring substituents is 1. The van der Waals surface area contributed by atoms with E-state index >= 15 is 0 Å². The van der Waals surface area contributed by atoms with Gasteiger partial charge in [0.2, 0.25) is 5.91 Å². The molecule has 1 N–H and O–H groups in total. The van der Waals surface area contributed by atoms with Crippen molar-refractivity contribution in [2.24, 2.45) is 0 Å². The van der Waals surface area contributed by atoms with Crippen LogP contribution in [0.4, 0.5) is 11.4 Å². The maximum absolute atomic E-state index is 11.8. The average Bonchev–Trinajstić information content (AvgIpc) is 2.91. The number of nitrogens with zero attached hydrogens (tertiary/aromatic N) is 1. The number of hydrogen-bond acceptors (Lipinski definition) is 4. The molecule has 102 valence electrons. The van der Waals surface area contributed by atoms with Crippen LogP contribution in [0.15, 0.2) is 41.8 Å². The van der Waals surface area contributed by atoms with Gasteiger partial charge in [-0.2, -0.15) is 0 Å². The maximum atomic E-state index is 11.8. The van der Waals surface area contributed by atoms with Gasteiger partial charge in [0.25, 0.3) is 5.69 Å². The molecule has 0 atom stereocenters. The van der Waals surface area contributed by atoms with Gasteiger partial charge >= 0.3 is 0 Å². The van der Waals surface area contributed by atoms with Gasteiger partial charge in [0.1, 0.15) is 0 Å². The van der Waals surface area contributed by atoms with Crippen LogP contribution in [0.1, 0.15) is 10.4 Å². The molecule has 0 aliphatic rings. The van der Waals surface area contributed by atoms with Crippen molar-refractivity contribution in [1.29, 1.82) is 0 Å². The molecule has 2 rings (SSSR count). The van der Waals surface area contributed by atoms with E-state index < -0.39 is 4.92 Å². The molecule has 0 aliphatic heterocycles. The van der Waals surface area contributed by atoms with Gasteiger partial charge in [0.05, 0.1) is 16.2 Å². The summed E-state index contributed by atoms with van der Waals surface area (Å²) < 4.78 is 0. The fraction of sp³-hybridized carbons (Fsp3) is 0.0714. The summed E-state index contributed by atoms with van der Waals surface area (Å²) in [4.78, 5) is 23.1. The van der Waals surface area contributed by atoms with Crippen LogP contribution in [0.25, 0.3) is 6.08 Å². The topological polar surface area (TPSA) is 72.2 Å². The van der Waals surface area contributed by atoms with Crippen molar-refractivity contribution in [3.63, 3.8) is 0 Å². The monoisotopic (exact) mass is 288 g/mol. The minimum absolute atomic E-state index is 0.00923. The van der Waals surface area contributed by atoms with Crippen LogP contribution in [-0.2, 0) is 4.79 Å². The highest BCUT2D eigenvalue weighted by atomic mass is 32.1. The standard InChI is InChI=1S/C14H12N2O3S/c1-10-12(5-2-6-13(10)16(18)19)15-14(17)8-7-11-4-3-9-20-11/h2-9H,1H3,(H,15,17). The van der Waals surface area contributed by atoms with E-state index in [4.69, 9.17) is 0 Å². The molecule has 0 aliphatic carbocycles. The Kier molecular flexibility index (Phi) is 4.27. The van der Waals surface area contributed by atoms with Crippen molar-refractivity contribution in [3.8, 4) is 0 Å². The van der Waals surface area contributed by atoms with Crippen molar-refractivity contribution >= 4 is 34.7 Å². The number of nitro groups is 1. The normalized spacial score (nSPS) is 10.7. The van der Waals surface area contributed by atoms with Crippen molar-refractivity contribution in [3.05, 3.63) is 62.3 Å². The zero-order valence-corrected chi connectivity index (χ0v) is 11.5. The molecule has 0 spiro atoms. The van der Waals surface area contributed by atoms with Crippen LogP contribution in [-0.4, -0.2) is 10.8 Å². The Morgan fingerprint density at radius 1 is 1.35 bits per heavy atom. The second-order valence-electron chi connectivity index (χ2n) is 4.04. The fourth-order valence-corrected chi connectivity index (χ4v) is 2.29. The summed E-state index contributed by atoms with van der Waals surface area (Å²) in [6.45, 7) is 1.61. The Morgan fingerprint density at radius 3 is 2.80 bits per heavy atom. The number of rotatable bonds is 4. The molecule has 1 amide bonds. The number of nitrogens with one attached hydrogen (secondary N) is 1. The van der Waals surface area contributed by atoms with Crippen LogP contribution in [0.2, 0.25) is 0 Å². The van der Waals surface area contributed by atoms with Crippen molar-refractivity contribution in [2.75, 3.05) is 5.32 Å². The number of thiophene rings is 1. The number of amides is 1. The summed E-state index contributed by atoms with van der Waals surface area (Å²) in [5.74, 6) is -0.318. The van der Waals surface area contributed by atoms with Gasteiger partial charge in [-0.05, 0) is 30.5 Å². The van der Waals surface area contributed by atoms with Gasteiger partial charge in [-0.15, -0.1) is 11.3 Å². The molecule has 1 heterocycles. The predicted octanol–water partition coefficient (Wildman–Crippen LogP) is 3.62. The molecule has 2 aromatic rings. The number of benzene rings is 1. The van der Waals surface area contributed by atoms with Crippen LogP contribution < -0.4 is 5.32 Å². The van der Waals surface area contributed by atoms with E-state index in [0.29, 0.717) is 11.3 Å². The van der Waals surface area contributed by atoms with Crippen LogP contribution in [0, 0.1) is 17.0 Å². The average molecular weight is 288 g/mol. The minimum atomic E-state index is -0.466. The number of hydrogen-bond donors (Lipinski definition) is 1. The van der Waals surface area contributed by atoms with Gasteiger partial charge < -0.3 is 5.32 Å². The molecular formula is C14H12N2O3S. The molecule has 0 fully saturated rings. The Hall–Kier alpha value is -2.47. The Labute approximate surface area is 119 Å². The second kappa shape index (κ2) is 6.12. The van der Waals surface area contributed by atoms with Crippen LogP contribution in [0.3, 0.4) is 0 Å². The third kappa shape index (κ3) is 3.30. The highest BCUT2D eigenvalue weighted by Crippen LogP contribution is 2.25. The van der Waals surface area contributed by atoms with Crippen molar-refractivity contribution in [2.45, 2.75) is 6.92 Å².